The second-order valence-electron chi connectivity index (χ2n) is 7.98. The number of allylic oxidation sites excluding steroid dienone is 1. The summed E-state index contributed by atoms with van der Waals surface area (Å²) in [5.41, 5.74) is 2.58. The minimum absolute atomic E-state index is 0.00818. The molecular formula is C24H37N3OS. The van der Waals surface area contributed by atoms with Gasteiger partial charge in [-0.1, -0.05) is 55.1 Å². The minimum Gasteiger partial charge on any atom is -0.389 e. The van der Waals surface area contributed by atoms with Crippen molar-refractivity contribution in [2.75, 3.05) is 39.0 Å². The highest BCUT2D eigenvalue weighted by molar-refractivity contribution is 8.25. The van der Waals surface area contributed by atoms with E-state index in [9.17, 15) is 4.79 Å². The van der Waals surface area contributed by atoms with Crippen LogP contribution in [0.25, 0.3) is 0 Å². The topological polar surface area (TPSA) is 35.6 Å². The fraction of sp³-hybridized carbons (Fsp3) is 0.458. The van der Waals surface area contributed by atoms with Crippen molar-refractivity contribution in [1.82, 2.24) is 14.5 Å². The Morgan fingerprint density at radius 1 is 1.21 bits per heavy atom. The van der Waals surface area contributed by atoms with Gasteiger partial charge in [-0.15, -0.1) is 9.39 Å². The Bertz CT molecular complexity index is 806. The van der Waals surface area contributed by atoms with Gasteiger partial charge in [0.05, 0.1) is 11.3 Å². The van der Waals surface area contributed by atoms with Gasteiger partial charge in [-0.05, 0) is 51.1 Å². The standard InChI is InChI=1S/C24H37N3OS/c1-21(27(29(3,4)5)18-14-23-12-8-6-9-13-23)24(22(2)28)20-25-15-19-26-16-10-7-11-17-26/h6,8-9,12-13,20,25H,1,3-4,7,10-11,14-19H2,2,5H3/b24-20-. The van der Waals surface area contributed by atoms with Crippen molar-refractivity contribution < 1.29 is 4.79 Å². The first-order valence-electron chi connectivity index (χ1n) is 10.4. The molecule has 0 aromatic heterocycles. The predicted octanol–water partition coefficient (Wildman–Crippen LogP) is 3.81. The summed E-state index contributed by atoms with van der Waals surface area (Å²) in [6.07, 6.45) is 8.64. The summed E-state index contributed by atoms with van der Waals surface area (Å²) >= 11 is 0. The van der Waals surface area contributed by atoms with Crippen LogP contribution < -0.4 is 5.32 Å². The van der Waals surface area contributed by atoms with Crippen LogP contribution in [-0.4, -0.2) is 65.7 Å². The SMILES string of the molecule is C=C(/C(=C/NCCN1CCCCC1)C(C)=O)N(CCc1ccccc1)S(=C)(=C)C. The van der Waals surface area contributed by atoms with E-state index in [0.717, 1.165) is 26.1 Å². The van der Waals surface area contributed by atoms with E-state index in [2.05, 4.69) is 45.0 Å². The monoisotopic (exact) mass is 415 g/mol. The number of nitrogens with one attached hydrogen (secondary N) is 1. The molecule has 29 heavy (non-hydrogen) atoms. The van der Waals surface area contributed by atoms with Crippen molar-refractivity contribution in [1.29, 1.82) is 0 Å². The van der Waals surface area contributed by atoms with E-state index in [1.807, 2.05) is 30.7 Å². The smallest absolute Gasteiger partial charge is 0.163 e. The molecule has 0 saturated carbocycles. The number of likely N-dealkylation sites (tertiary alicyclic amines) is 1. The lowest BCUT2D eigenvalue weighted by molar-refractivity contribution is -0.113. The highest BCUT2D eigenvalue weighted by Gasteiger charge is 2.17. The Kier molecular flexibility index (Phi) is 9.05. The van der Waals surface area contributed by atoms with E-state index < -0.39 is 9.39 Å². The maximum atomic E-state index is 12.3. The van der Waals surface area contributed by atoms with Crippen LogP contribution in [0.2, 0.25) is 0 Å². The zero-order valence-electron chi connectivity index (χ0n) is 18.2. The van der Waals surface area contributed by atoms with Crippen molar-refractivity contribution >= 4 is 26.9 Å². The number of ketones is 1. The number of rotatable bonds is 11. The molecule has 1 N–H and O–H groups in total. The molecule has 4 nitrogen and oxygen atoms in total. The lowest BCUT2D eigenvalue weighted by Gasteiger charge is -2.33. The second kappa shape index (κ2) is 11.3. The van der Waals surface area contributed by atoms with Crippen LogP contribution >= 0.6 is 9.39 Å². The summed E-state index contributed by atoms with van der Waals surface area (Å²) in [5, 5.41) is 3.33. The highest BCUT2D eigenvalue weighted by Crippen LogP contribution is 2.29. The Morgan fingerprint density at radius 2 is 1.86 bits per heavy atom. The van der Waals surface area contributed by atoms with Gasteiger partial charge in [0.15, 0.2) is 5.78 Å². The summed E-state index contributed by atoms with van der Waals surface area (Å²) in [5.74, 6) is 8.56. The van der Waals surface area contributed by atoms with Crippen LogP contribution in [0.1, 0.15) is 31.7 Å². The average Bonchev–Trinajstić information content (AvgIpc) is 2.68. The molecule has 2 rings (SSSR count). The average molecular weight is 416 g/mol. The number of benzene rings is 1. The molecule has 0 spiro atoms. The van der Waals surface area contributed by atoms with Gasteiger partial charge in [-0.2, -0.15) is 0 Å². The predicted molar refractivity (Wildman–Crippen MR) is 131 cm³/mol. The van der Waals surface area contributed by atoms with Crippen molar-refractivity contribution in [3.63, 3.8) is 0 Å². The quantitative estimate of drug-likeness (QED) is 0.258. The third kappa shape index (κ3) is 7.75. The summed E-state index contributed by atoms with van der Waals surface area (Å²) in [7, 11) is -1.56. The van der Waals surface area contributed by atoms with E-state index in [0.29, 0.717) is 11.3 Å². The number of carbonyl (C=O) groups excluding carboxylic acids is 1. The lowest BCUT2D eigenvalue weighted by Crippen LogP contribution is -2.35. The molecule has 0 aliphatic carbocycles. The van der Waals surface area contributed by atoms with Crippen LogP contribution in [0.5, 0.6) is 0 Å². The molecule has 5 heteroatoms. The summed E-state index contributed by atoms with van der Waals surface area (Å²) in [4.78, 5) is 14.8. The number of nitrogens with zero attached hydrogens (tertiary/aromatic N) is 2. The molecule has 1 aromatic rings. The maximum Gasteiger partial charge on any atom is 0.163 e. The first kappa shape index (κ1) is 23.3. The van der Waals surface area contributed by atoms with Crippen LogP contribution in [0.4, 0.5) is 0 Å². The zero-order chi connectivity index (χ0) is 21.3. The van der Waals surface area contributed by atoms with E-state index in [4.69, 9.17) is 0 Å². The van der Waals surface area contributed by atoms with Gasteiger partial charge in [0.25, 0.3) is 0 Å². The molecular weight excluding hydrogens is 378 g/mol. The number of hydrogen-bond acceptors (Lipinski definition) is 4. The fourth-order valence-corrected chi connectivity index (χ4v) is 4.76. The van der Waals surface area contributed by atoms with Crippen molar-refractivity contribution in [3.8, 4) is 0 Å². The molecule has 0 unspecified atom stereocenters. The van der Waals surface area contributed by atoms with Gasteiger partial charge in [0.1, 0.15) is 0 Å². The van der Waals surface area contributed by atoms with Gasteiger partial charge >= 0.3 is 0 Å². The molecule has 0 atom stereocenters. The largest absolute Gasteiger partial charge is 0.389 e. The number of hydrogen-bond donors (Lipinski definition) is 1. The van der Waals surface area contributed by atoms with Crippen molar-refractivity contribution in [2.24, 2.45) is 0 Å². The van der Waals surface area contributed by atoms with Crippen LogP contribution in [0.15, 0.2) is 54.4 Å². The lowest BCUT2D eigenvalue weighted by atomic mass is 10.1. The third-order valence-corrected chi connectivity index (χ3v) is 6.70. The van der Waals surface area contributed by atoms with Gasteiger partial charge in [0.2, 0.25) is 0 Å². The number of Topliss-reactive ketones (excluding diaryl/α,β-unsaturated/α-hetero) is 1. The minimum atomic E-state index is -1.56. The molecule has 1 heterocycles. The summed E-state index contributed by atoms with van der Waals surface area (Å²) in [6, 6.07) is 10.3. The molecule has 1 aromatic carbocycles. The van der Waals surface area contributed by atoms with Crippen molar-refractivity contribution in [2.45, 2.75) is 32.6 Å². The first-order chi connectivity index (χ1) is 13.8. The van der Waals surface area contributed by atoms with Gasteiger partial charge in [-0.25, -0.2) is 0 Å². The Hall–Kier alpha value is -1.98. The van der Waals surface area contributed by atoms with Gasteiger partial charge < -0.3 is 14.5 Å². The summed E-state index contributed by atoms with van der Waals surface area (Å²) < 4.78 is 2.11. The van der Waals surface area contributed by atoms with Gasteiger partial charge in [0, 0.05) is 25.8 Å². The van der Waals surface area contributed by atoms with Crippen LogP contribution in [-0.2, 0) is 11.2 Å². The number of carbonyl (C=O) groups is 1. The normalized spacial score (nSPS) is 15.7. The Balaban J connectivity index is 2.02. The van der Waals surface area contributed by atoms with Crippen molar-refractivity contribution in [3.05, 3.63) is 59.9 Å². The second-order valence-corrected chi connectivity index (χ2v) is 10.9. The van der Waals surface area contributed by atoms with Crippen LogP contribution in [0.3, 0.4) is 0 Å². The molecule has 1 aliphatic rings. The van der Waals surface area contributed by atoms with E-state index in [1.165, 1.54) is 37.9 Å². The fourth-order valence-electron chi connectivity index (χ4n) is 3.60. The molecule has 0 amide bonds. The number of piperidine rings is 1. The Morgan fingerprint density at radius 3 is 2.45 bits per heavy atom. The molecule has 0 radical (unpaired) electrons. The van der Waals surface area contributed by atoms with E-state index in [-0.39, 0.29) is 5.78 Å². The maximum absolute atomic E-state index is 12.3. The molecule has 1 saturated heterocycles. The van der Waals surface area contributed by atoms with E-state index >= 15 is 0 Å². The highest BCUT2D eigenvalue weighted by atomic mass is 32.2. The van der Waals surface area contributed by atoms with E-state index in [1.54, 1.807) is 6.92 Å². The molecule has 1 aliphatic heterocycles. The molecule has 1 fully saturated rings. The zero-order valence-corrected chi connectivity index (χ0v) is 19.0. The third-order valence-electron chi connectivity index (χ3n) is 5.24. The van der Waals surface area contributed by atoms with Gasteiger partial charge in [-0.3, -0.25) is 4.79 Å². The molecule has 0 bridgehead atoms. The molecule has 160 valence electrons. The first-order valence-corrected chi connectivity index (χ1v) is 12.7. The van der Waals surface area contributed by atoms with Crippen LogP contribution in [0, 0.1) is 0 Å². The Labute approximate surface area is 177 Å². The summed E-state index contributed by atoms with van der Waals surface area (Å²) in [6.45, 7) is 10.8.